The van der Waals surface area contributed by atoms with Gasteiger partial charge in [-0.15, -0.1) is 0 Å². The summed E-state index contributed by atoms with van der Waals surface area (Å²) in [6, 6.07) is 2.36. The second-order valence-corrected chi connectivity index (χ2v) is 4.61. The van der Waals surface area contributed by atoms with Crippen LogP contribution in [0.25, 0.3) is 0 Å². The molecule has 18 heavy (non-hydrogen) atoms. The van der Waals surface area contributed by atoms with E-state index in [1.807, 2.05) is 24.8 Å². The van der Waals surface area contributed by atoms with E-state index in [2.05, 4.69) is 15.3 Å². The van der Waals surface area contributed by atoms with Crippen molar-refractivity contribution in [3.8, 4) is 0 Å². The third-order valence-electron chi connectivity index (χ3n) is 3.06. The van der Waals surface area contributed by atoms with Crippen LogP contribution in [0.1, 0.15) is 31.3 Å². The molecule has 0 saturated heterocycles. The second kappa shape index (κ2) is 5.91. The molecule has 0 radical (unpaired) electrons. The highest BCUT2D eigenvalue weighted by atomic mass is 16.2. The monoisotopic (exact) mass is 248 g/mol. The Hall–Kier alpha value is -1.49. The summed E-state index contributed by atoms with van der Waals surface area (Å²) < 4.78 is 0. The van der Waals surface area contributed by atoms with Crippen molar-refractivity contribution in [2.24, 2.45) is 0 Å². The highest BCUT2D eigenvalue weighted by Crippen LogP contribution is 2.26. The van der Waals surface area contributed by atoms with Crippen LogP contribution >= 0.6 is 0 Å². The normalized spacial score (nSPS) is 14.6. The molecule has 1 amide bonds. The Morgan fingerprint density at radius 3 is 2.94 bits per heavy atom. The molecule has 0 atom stereocenters. The van der Waals surface area contributed by atoms with E-state index in [4.69, 9.17) is 0 Å². The maximum absolute atomic E-state index is 11.9. The number of nitrogens with zero attached hydrogens (tertiary/aromatic N) is 3. The van der Waals surface area contributed by atoms with E-state index in [1.54, 1.807) is 6.20 Å². The van der Waals surface area contributed by atoms with Crippen LogP contribution in [0.4, 0.5) is 0 Å². The van der Waals surface area contributed by atoms with Gasteiger partial charge in [-0.2, -0.15) is 0 Å². The van der Waals surface area contributed by atoms with Crippen molar-refractivity contribution in [2.45, 2.75) is 39.3 Å². The number of carbonyl (C=O) groups excluding carboxylic acids is 1. The van der Waals surface area contributed by atoms with Crippen LogP contribution in [0.5, 0.6) is 0 Å². The molecule has 1 heterocycles. The maximum atomic E-state index is 11.9. The highest BCUT2D eigenvalue weighted by molar-refractivity contribution is 5.78. The Balaban J connectivity index is 1.76. The SMILES string of the molecule is CCN(C(=O)CNCc1ccnc(C)n1)C1CC1. The Bertz CT molecular complexity index is 417. The van der Waals surface area contributed by atoms with Crippen LogP contribution < -0.4 is 5.32 Å². The van der Waals surface area contributed by atoms with Crippen molar-refractivity contribution in [3.05, 3.63) is 23.8 Å². The molecule has 1 aromatic rings. The maximum Gasteiger partial charge on any atom is 0.236 e. The molecule has 1 fully saturated rings. The molecule has 1 N–H and O–H groups in total. The van der Waals surface area contributed by atoms with Crippen molar-refractivity contribution in [3.63, 3.8) is 0 Å². The van der Waals surface area contributed by atoms with Crippen molar-refractivity contribution in [2.75, 3.05) is 13.1 Å². The van der Waals surface area contributed by atoms with E-state index in [0.29, 0.717) is 19.1 Å². The van der Waals surface area contributed by atoms with E-state index in [0.717, 1.165) is 30.9 Å². The molecule has 1 saturated carbocycles. The van der Waals surface area contributed by atoms with Crippen LogP contribution in [-0.4, -0.2) is 39.9 Å². The summed E-state index contributed by atoms with van der Waals surface area (Å²) in [7, 11) is 0. The molecule has 0 aromatic carbocycles. The lowest BCUT2D eigenvalue weighted by molar-refractivity contribution is -0.130. The number of likely N-dealkylation sites (N-methyl/N-ethyl adjacent to an activating group) is 1. The average molecular weight is 248 g/mol. The Morgan fingerprint density at radius 1 is 1.56 bits per heavy atom. The van der Waals surface area contributed by atoms with Gasteiger partial charge in [0.1, 0.15) is 5.82 Å². The zero-order valence-electron chi connectivity index (χ0n) is 11.0. The molecule has 2 rings (SSSR count). The van der Waals surface area contributed by atoms with Gasteiger partial charge in [0.25, 0.3) is 0 Å². The van der Waals surface area contributed by atoms with E-state index in [1.165, 1.54) is 0 Å². The quantitative estimate of drug-likeness (QED) is 0.812. The number of hydrogen-bond donors (Lipinski definition) is 1. The summed E-state index contributed by atoms with van der Waals surface area (Å²) in [5.74, 6) is 0.944. The summed E-state index contributed by atoms with van der Waals surface area (Å²) in [6.45, 7) is 5.69. The molecule has 0 bridgehead atoms. The summed E-state index contributed by atoms with van der Waals surface area (Å²) in [5.41, 5.74) is 0.921. The van der Waals surface area contributed by atoms with Crippen molar-refractivity contribution >= 4 is 5.91 Å². The zero-order chi connectivity index (χ0) is 13.0. The minimum Gasteiger partial charge on any atom is -0.339 e. The number of nitrogens with one attached hydrogen (secondary N) is 1. The minimum atomic E-state index is 0.186. The predicted molar refractivity (Wildman–Crippen MR) is 68.9 cm³/mol. The van der Waals surface area contributed by atoms with Crippen LogP contribution in [0, 0.1) is 6.92 Å². The number of aryl methyl sites for hydroxylation is 1. The molecule has 1 aliphatic carbocycles. The lowest BCUT2D eigenvalue weighted by Crippen LogP contribution is -2.39. The number of amides is 1. The summed E-state index contributed by atoms with van der Waals surface area (Å²) >= 11 is 0. The largest absolute Gasteiger partial charge is 0.339 e. The minimum absolute atomic E-state index is 0.186. The van der Waals surface area contributed by atoms with Gasteiger partial charge in [0.05, 0.1) is 12.2 Å². The Kier molecular flexibility index (Phi) is 4.25. The highest BCUT2D eigenvalue weighted by Gasteiger charge is 2.30. The Morgan fingerprint density at radius 2 is 2.33 bits per heavy atom. The molecule has 1 aromatic heterocycles. The van der Waals surface area contributed by atoms with E-state index < -0.39 is 0 Å². The second-order valence-electron chi connectivity index (χ2n) is 4.61. The lowest BCUT2D eigenvalue weighted by atomic mass is 10.3. The molecule has 98 valence electrons. The first kappa shape index (κ1) is 13.0. The average Bonchev–Trinajstić information content (AvgIpc) is 3.14. The molecule has 0 aliphatic heterocycles. The number of hydrogen-bond acceptors (Lipinski definition) is 4. The van der Waals surface area contributed by atoms with E-state index >= 15 is 0 Å². The van der Waals surface area contributed by atoms with Crippen LogP contribution in [-0.2, 0) is 11.3 Å². The molecular weight excluding hydrogens is 228 g/mol. The molecular formula is C13H20N4O. The van der Waals surface area contributed by atoms with Gasteiger partial charge in [-0.25, -0.2) is 9.97 Å². The summed E-state index contributed by atoms with van der Waals surface area (Å²) in [5, 5.41) is 3.14. The first-order valence-corrected chi connectivity index (χ1v) is 6.49. The fourth-order valence-corrected chi connectivity index (χ4v) is 2.03. The van der Waals surface area contributed by atoms with Crippen LogP contribution in [0.2, 0.25) is 0 Å². The summed E-state index contributed by atoms with van der Waals surface area (Å²) in [6.07, 6.45) is 4.05. The fraction of sp³-hybridized carbons (Fsp3) is 0.615. The van der Waals surface area contributed by atoms with Crippen molar-refractivity contribution < 1.29 is 4.79 Å². The van der Waals surface area contributed by atoms with Gasteiger partial charge in [-0.1, -0.05) is 0 Å². The van der Waals surface area contributed by atoms with E-state index in [9.17, 15) is 4.79 Å². The molecule has 5 nitrogen and oxygen atoms in total. The smallest absolute Gasteiger partial charge is 0.236 e. The van der Waals surface area contributed by atoms with Gasteiger partial charge in [0, 0.05) is 25.3 Å². The standard InChI is InChI=1S/C13H20N4O/c1-3-17(12-4-5-12)13(18)9-14-8-11-6-7-15-10(2)16-11/h6-7,12,14H,3-5,8-9H2,1-2H3. The zero-order valence-corrected chi connectivity index (χ0v) is 11.0. The predicted octanol–water partition coefficient (Wildman–Crippen LogP) is 0.886. The van der Waals surface area contributed by atoms with Crippen molar-refractivity contribution in [1.82, 2.24) is 20.2 Å². The van der Waals surface area contributed by atoms with Gasteiger partial charge < -0.3 is 10.2 Å². The van der Waals surface area contributed by atoms with Gasteiger partial charge >= 0.3 is 0 Å². The first-order valence-electron chi connectivity index (χ1n) is 6.49. The summed E-state index contributed by atoms with van der Waals surface area (Å²) in [4.78, 5) is 22.2. The van der Waals surface area contributed by atoms with Crippen molar-refractivity contribution in [1.29, 1.82) is 0 Å². The van der Waals surface area contributed by atoms with Gasteiger partial charge in [0.2, 0.25) is 5.91 Å². The van der Waals surface area contributed by atoms with Crippen LogP contribution in [0.3, 0.4) is 0 Å². The topological polar surface area (TPSA) is 58.1 Å². The molecule has 5 heteroatoms. The Labute approximate surface area is 108 Å². The number of rotatable bonds is 6. The molecule has 1 aliphatic rings. The van der Waals surface area contributed by atoms with Crippen LogP contribution in [0.15, 0.2) is 12.3 Å². The number of aromatic nitrogens is 2. The third kappa shape index (κ3) is 3.50. The van der Waals surface area contributed by atoms with Gasteiger partial charge in [-0.05, 0) is 32.8 Å². The molecule has 0 unspecified atom stereocenters. The van der Waals surface area contributed by atoms with Gasteiger partial charge in [0.15, 0.2) is 0 Å². The third-order valence-corrected chi connectivity index (χ3v) is 3.06. The first-order chi connectivity index (χ1) is 8.70. The van der Waals surface area contributed by atoms with Gasteiger partial charge in [-0.3, -0.25) is 4.79 Å². The lowest BCUT2D eigenvalue weighted by Gasteiger charge is -2.20. The number of carbonyl (C=O) groups is 1. The molecule has 0 spiro atoms. The van der Waals surface area contributed by atoms with E-state index in [-0.39, 0.29) is 5.91 Å². The fourth-order valence-electron chi connectivity index (χ4n) is 2.03.